The predicted molar refractivity (Wildman–Crippen MR) is 58.8 cm³/mol. The summed E-state index contributed by atoms with van der Waals surface area (Å²) in [5, 5.41) is 3.23. The molecule has 1 aromatic carbocycles. The summed E-state index contributed by atoms with van der Waals surface area (Å²) in [5.41, 5.74) is 0.941. The first-order chi connectivity index (χ1) is 6.59. The van der Waals surface area contributed by atoms with E-state index in [2.05, 4.69) is 5.32 Å². The summed E-state index contributed by atoms with van der Waals surface area (Å²) < 4.78 is 0. The SMILES string of the molecule is O=C(NCc1ccc(Cl)cc1)C(Cl)Cl. The van der Waals surface area contributed by atoms with E-state index < -0.39 is 10.7 Å². The van der Waals surface area contributed by atoms with Gasteiger partial charge in [-0.05, 0) is 17.7 Å². The van der Waals surface area contributed by atoms with Crippen LogP contribution in [0, 0.1) is 0 Å². The van der Waals surface area contributed by atoms with Crippen LogP contribution >= 0.6 is 34.8 Å². The minimum atomic E-state index is -1.03. The largest absolute Gasteiger partial charge is 0.350 e. The molecule has 14 heavy (non-hydrogen) atoms. The Balaban J connectivity index is 2.46. The predicted octanol–water partition coefficient (Wildman–Crippen LogP) is 2.76. The van der Waals surface area contributed by atoms with Gasteiger partial charge >= 0.3 is 0 Å². The van der Waals surface area contributed by atoms with E-state index in [0.717, 1.165) is 5.56 Å². The van der Waals surface area contributed by atoms with E-state index in [9.17, 15) is 4.79 Å². The molecule has 0 aliphatic carbocycles. The standard InChI is InChI=1S/C9H8Cl3NO/c10-7-3-1-6(2-4-7)5-13-9(14)8(11)12/h1-4,8H,5H2,(H,13,14). The highest BCUT2D eigenvalue weighted by atomic mass is 35.5. The molecular weight excluding hydrogens is 244 g/mol. The quantitative estimate of drug-likeness (QED) is 0.824. The van der Waals surface area contributed by atoms with E-state index in [1.54, 1.807) is 12.1 Å². The number of carbonyl (C=O) groups excluding carboxylic acids is 1. The van der Waals surface area contributed by atoms with Crippen molar-refractivity contribution in [2.45, 2.75) is 11.4 Å². The molecule has 0 saturated heterocycles. The smallest absolute Gasteiger partial charge is 0.253 e. The molecule has 0 saturated carbocycles. The first kappa shape index (κ1) is 11.6. The molecule has 0 aliphatic heterocycles. The van der Waals surface area contributed by atoms with Crippen LogP contribution in [0.4, 0.5) is 0 Å². The lowest BCUT2D eigenvalue weighted by atomic mass is 10.2. The van der Waals surface area contributed by atoms with Crippen LogP contribution in [0.1, 0.15) is 5.56 Å². The van der Waals surface area contributed by atoms with Crippen molar-refractivity contribution < 1.29 is 4.79 Å². The van der Waals surface area contributed by atoms with Crippen LogP contribution in [0.15, 0.2) is 24.3 Å². The van der Waals surface area contributed by atoms with E-state index in [4.69, 9.17) is 34.8 Å². The molecule has 0 unspecified atom stereocenters. The van der Waals surface area contributed by atoms with Gasteiger partial charge in [-0.25, -0.2) is 0 Å². The summed E-state index contributed by atoms with van der Waals surface area (Å²) in [4.78, 5) is 9.96. The number of nitrogens with one attached hydrogen (secondary N) is 1. The molecule has 0 aromatic heterocycles. The third kappa shape index (κ3) is 3.74. The number of carbonyl (C=O) groups is 1. The van der Waals surface area contributed by atoms with Crippen LogP contribution in [0.25, 0.3) is 0 Å². The highest BCUT2D eigenvalue weighted by molar-refractivity contribution is 6.53. The second-order valence-electron chi connectivity index (χ2n) is 2.64. The van der Waals surface area contributed by atoms with Crippen LogP contribution in [-0.4, -0.2) is 10.7 Å². The maximum absolute atomic E-state index is 11.0. The average Bonchev–Trinajstić information content (AvgIpc) is 2.16. The number of rotatable bonds is 3. The zero-order chi connectivity index (χ0) is 10.6. The number of halogens is 3. The van der Waals surface area contributed by atoms with Crippen molar-refractivity contribution in [3.05, 3.63) is 34.9 Å². The molecule has 0 radical (unpaired) electrons. The molecule has 1 amide bonds. The van der Waals surface area contributed by atoms with Crippen molar-refractivity contribution in [3.8, 4) is 0 Å². The minimum Gasteiger partial charge on any atom is -0.350 e. The van der Waals surface area contributed by atoms with E-state index in [-0.39, 0.29) is 0 Å². The lowest BCUT2D eigenvalue weighted by molar-refractivity contribution is -0.119. The highest BCUT2D eigenvalue weighted by Crippen LogP contribution is 2.09. The van der Waals surface area contributed by atoms with E-state index in [1.807, 2.05) is 12.1 Å². The Labute approximate surface area is 97.1 Å². The maximum atomic E-state index is 11.0. The fourth-order valence-corrected chi connectivity index (χ4v) is 1.15. The molecule has 0 bridgehead atoms. The lowest BCUT2D eigenvalue weighted by Gasteiger charge is -2.05. The first-order valence-corrected chi connectivity index (χ1v) is 5.15. The second kappa shape index (κ2) is 5.44. The third-order valence-electron chi connectivity index (χ3n) is 1.58. The van der Waals surface area contributed by atoms with Gasteiger partial charge in [0.15, 0.2) is 4.84 Å². The summed E-state index contributed by atoms with van der Waals surface area (Å²) >= 11 is 16.4. The van der Waals surface area contributed by atoms with Crippen LogP contribution in [-0.2, 0) is 11.3 Å². The van der Waals surface area contributed by atoms with Gasteiger partial charge in [0.05, 0.1) is 0 Å². The van der Waals surface area contributed by atoms with Crippen molar-refractivity contribution >= 4 is 40.7 Å². The number of hydrogen-bond donors (Lipinski definition) is 1. The normalized spacial score (nSPS) is 10.3. The minimum absolute atomic E-state index is 0.395. The molecule has 5 heteroatoms. The number of benzene rings is 1. The number of hydrogen-bond acceptors (Lipinski definition) is 1. The van der Waals surface area contributed by atoms with Gasteiger partial charge < -0.3 is 5.32 Å². The molecule has 0 fully saturated rings. The Bertz CT molecular complexity index is 310. The van der Waals surface area contributed by atoms with Crippen LogP contribution < -0.4 is 5.32 Å². The van der Waals surface area contributed by atoms with Crippen LogP contribution in [0.2, 0.25) is 5.02 Å². The van der Waals surface area contributed by atoms with Crippen molar-refractivity contribution in [1.82, 2.24) is 5.32 Å². The molecule has 1 aromatic rings. The van der Waals surface area contributed by atoms with Crippen LogP contribution in [0.5, 0.6) is 0 Å². The Morgan fingerprint density at radius 3 is 2.36 bits per heavy atom. The van der Waals surface area contributed by atoms with Crippen LogP contribution in [0.3, 0.4) is 0 Å². The van der Waals surface area contributed by atoms with E-state index in [0.29, 0.717) is 11.6 Å². The Morgan fingerprint density at radius 2 is 1.86 bits per heavy atom. The van der Waals surface area contributed by atoms with Gasteiger partial charge in [-0.2, -0.15) is 0 Å². The van der Waals surface area contributed by atoms with Gasteiger partial charge in [0.1, 0.15) is 0 Å². The molecular formula is C9H8Cl3NO. The summed E-state index contributed by atoms with van der Waals surface area (Å²) in [5.74, 6) is -0.400. The molecule has 0 heterocycles. The highest BCUT2D eigenvalue weighted by Gasteiger charge is 2.09. The lowest BCUT2D eigenvalue weighted by Crippen LogP contribution is -2.27. The Kier molecular flexibility index (Phi) is 4.52. The third-order valence-corrected chi connectivity index (χ3v) is 2.23. The molecule has 0 aliphatic rings. The molecule has 0 atom stereocenters. The molecule has 2 nitrogen and oxygen atoms in total. The average molecular weight is 253 g/mol. The Morgan fingerprint density at radius 1 is 1.29 bits per heavy atom. The van der Waals surface area contributed by atoms with Crippen molar-refractivity contribution in [2.24, 2.45) is 0 Å². The summed E-state index contributed by atoms with van der Waals surface area (Å²) in [6.07, 6.45) is 0. The van der Waals surface area contributed by atoms with E-state index >= 15 is 0 Å². The second-order valence-corrected chi connectivity index (χ2v) is 4.18. The topological polar surface area (TPSA) is 29.1 Å². The fraction of sp³-hybridized carbons (Fsp3) is 0.222. The van der Waals surface area contributed by atoms with Crippen molar-refractivity contribution in [3.63, 3.8) is 0 Å². The van der Waals surface area contributed by atoms with E-state index in [1.165, 1.54) is 0 Å². The summed E-state index contributed by atoms with van der Waals surface area (Å²) in [6, 6.07) is 7.14. The van der Waals surface area contributed by atoms with Crippen molar-refractivity contribution in [2.75, 3.05) is 0 Å². The molecule has 76 valence electrons. The molecule has 1 rings (SSSR count). The first-order valence-electron chi connectivity index (χ1n) is 3.90. The van der Waals surface area contributed by atoms with Gasteiger partial charge in [-0.1, -0.05) is 46.9 Å². The summed E-state index contributed by atoms with van der Waals surface area (Å²) in [6.45, 7) is 0.395. The monoisotopic (exact) mass is 251 g/mol. The molecule has 0 spiro atoms. The zero-order valence-corrected chi connectivity index (χ0v) is 9.40. The van der Waals surface area contributed by atoms with Gasteiger partial charge in [0.25, 0.3) is 5.91 Å². The Hall–Kier alpha value is -0.440. The fourth-order valence-electron chi connectivity index (χ4n) is 0.869. The maximum Gasteiger partial charge on any atom is 0.253 e. The van der Waals surface area contributed by atoms with Gasteiger partial charge in [0.2, 0.25) is 0 Å². The van der Waals surface area contributed by atoms with Gasteiger partial charge in [-0.15, -0.1) is 0 Å². The van der Waals surface area contributed by atoms with Gasteiger partial charge in [-0.3, -0.25) is 4.79 Å². The van der Waals surface area contributed by atoms with Crippen molar-refractivity contribution in [1.29, 1.82) is 0 Å². The number of alkyl halides is 2. The summed E-state index contributed by atoms with van der Waals surface area (Å²) in [7, 11) is 0. The van der Waals surface area contributed by atoms with Gasteiger partial charge in [0, 0.05) is 11.6 Å². The zero-order valence-electron chi connectivity index (χ0n) is 7.14. The number of amides is 1. The molecule has 1 N–H and O–H groups in total.